The lowest BCUT2D eigenvalue weighted by molar-refractivity contribution is -0.123. The van der Waals surface area contributed by atoms with Crippen LogP contribution in [0.4, 0.5) is 0 Å². The van der Waals surface area contributed by atoms with Crippen molar-refractivity contribution in [3.05, 3.63) is 0 Å². The predicted molar refractivity (Wildman–Crippen MR) is 195 cm³/mol. The van der Waals surface area contributed by atoms with Gasteiger partial charge in [-0.3, -0.25) is 38.6 Å². The number of terminal acetylenes is 1. The van der Waals surface area contributed by atoms with Crippen molar-refractivity contribution in [2.75, 3.05) is 118 Å². The second-order valence-corrected chi connectivity index (χ2v) is 11.6. The maximum atomic E-state index is 12.7. The van der Waals surface area contributed by atoms with Crippen molar-refractivity contribution in [2.45, 2.75) is 38.5 Å². The van der Waals surface area contributed by atoms with Gasteiger partial charge in [-0.05, 0) is 0 Å². The summed E-state index contributed by atoms with van der Waals surface area (Å²) in [6.45, 7) is 6.04. The van der Waals surface area contributed by atoms with Crippen LogP contribution in [0.25, 0.3) is 0 Å². The van der Waals surface area contributed by atoms with E-state index in [4.69, 9.17) is 29.4 Å². The number of nitrogens with zero attached hydrogens (tertiary/aromatic N) is 3. The standard InChI is InChI=1S/C32H63N13O6/c1-2-18-43(20-6-32(51)42-26-45(23-7-29(48)39-15-11-35)24-8-30(49)40-16-12-36)19-3-31(50)41-17-25-44(21-4-27(46)37-13-9-33)22-5-28(47)38-14-10-34/h1H,3-26,33-36H2,(H,37,46)(H,38,47)(H,39,48)(H,40,49)(H,41,50)(H,42,51). The lowest BCUT2D eigenvalue weighted by atomic mass is 10.3. The quantitative estimate of drug-likeness (QED) is 0.0229. The molecule has 0 atom stereocenters. The second-order valence-electron chi connectivity index (χ2n) is 11.6. The molecule has 0 spiro atoms. The number of carbonyl (C=O) groups is 6. The largest absolute Gasteiger partial charge is 0.355 e. The molecule has 0 unspecified atom stereocenters. The highest BCUT2D eigenvalue weighted by atomic mass is 16.2. The lowest BCUT2D eigenvalue weighted by Crippen LogP contribution is -2.43. The van der Waals surface area contributed by atoms with Crippen LogP contribution in [0, 0.1) is 12.3 Å². The van der Waals surface area contributed by atoms with Crippen molar-refractivity contribution in [1.29, 1.82) is 0 Å². The third kappa shape index (κ3) is 28.5. The zero-order valence-corrected chi connectivity index (χ0v) is 30.1. The summed E-state index contributed by atoms with van der Waals surface area (Å²) in [7, 11) is 0. The molecular weight excluding hydrogens is 662 g/mol. The first-order valence-corrected chi connectivity index (χ1v) is 17.6. The molecular formula is C32H63N13O6. The maximum Gasteiger partial charge on any atom is 0.222 e. The van der Waals surface area contributed by atoms with E-state index < -0.39 is 0 Å². The van der Waals surface area contributed by atoms with Crippen LogP contribution in [0.3, 0.4) is 0 Å². The van der Waals surface area contributed by atoms with Crippen LogP contribution in [0.2, 0.25) is 0 Å². The second kappa shape index (κ2) is 32.0. The van der Waals surface area contributed by atoms with Gasteiger partial charge in [0.25, 0.3) is 0 Å². The Labute approximate surface area is 302 Å². The molecule has 0 aliphatic rings. The van der Waals surface area contributed by atoms with E-state index in [0.717, 1.165) is 0 Å². The number of nitrogens with one attached hydrogen (secondary N) is 6. The summed E-state index contributed by atoms with van der Waals surface area (Å²) in [4.78, 5) is 79.1. The first-order chi connectivity index (χ1) is 24.6. The van der Waals surface area contributed by atoms with Crippen molar-refractivity contribution in [2.24, 2.45) is 22.9 Å². The number of hydrogen-bond donors (Lipinski definition) is 10. The third-order valence-corrected chi connectivity index (χ3v) is 7.36. The molecule has 19 nitrogen and oxygen atoms in total. The van der Waals surface area contributed by atoms with Crippen molar-refractivity contribution >= 4 is 35.4 Å². The number of rotatable bonds is 32. The van der Waals surface area contributed by atoms with Gasteiger partial charge in [0.05, 0.1) is 13.2 Å². The minimum atomic E-state index is -0.250. The van der Waals surface area contributed by atoms with Crippen LogP contribution in [0.1, 0.15) is 38.5 Å². The number of hydrogen-bond acceptors (Lipinski definition) is 13. The fourth-order valence-electron chi connectivity index (χ4n) is 4.49. The van der Waals surface area contributed by atoms with Crippen LogP contribution < -0.4 is 54.8 Å². The average Bonchev–Trinajstić information content (AvgIpc) is 3.12. The summed E-state index contributed by atoms with van der Waals surface area (Å²) in [5, 5.41) is 16.5. The summed E-state index contributed by atoms with van der Waals surface area (Å²) < 4.78 is 0. The first kappa shape index (κ1) is 47.1. The lowest BCUT2D eigenvalue weighted by Gasteiger charge is -2.23. The van der Waals surface area contributed by atoms with Gasteiger partial charge in [0, 0.05) is 143 Å². The Hall–Kier alpha value is -3.90. The van der Waals surface area contributed by atoms with Crippen molar-refractivity contribution in [3.63, 3.8) is 0 Å². The summed E-state index contributed by atoms with van der Waals surface area (Å²) in [6, 6.07) is 0. The van der Waals surface area contributed by atoms with Crippen molar-refractivity contribution in [3.8, 4) is 12.3 Å². The number of amides is 6. The van der Waals surface area contributed by atoms with Gasteiger partial charge in [-0.1, -0.05) is 5.92 Å². The summed E-state index contributed by atoms with van der Waals surface area (Å²) in [5.74, 6) is 1.45. The van der Waals surface area contributed by atoms with Gasteiger partial charge in [0.2, 0.25) is 35.4 Å². The summed E-state index contributed by atoms with van der Waals surface area (Å²) in [6.07, 6.45) is 6.61. The Bertz CT molecular complexity index is 1010. The topological polar surface area (TPSA) is 288 Å². The van der Waals surface area contributed by atoms with Crippen molar-refractivity contribution in [1.82, 2.24) is 46.6 Å². The zero-order chi connectivity index (χ0) is 38.1. The zero-order valence-electron chi connectivity index (χ0n) is 30.1. The van der Waals surface area contributed by atoms with E-state index in [2.05, 4.69) is 37.8 Å². The monoisotopic (exact) mass is 726 g/mol. The molecule has 0 fully saturated rings. The molecule has 0 saturated carbocycles. The molecule has 0 aliphatic carbocycles. The average molecular weight is 726 g/mol. The van der Waals surface area contributed by atoms with Crippen LogP contribution in [0.5, 0.6) is 0 Å². The van der Waals surface area contributed by atoms with Crippen LogP contribution in [-0.2, 0) is 28.8 Å². The highest BCUT2D eigenvalue weighted by Gasteiger charge is 2.15. The molecule has 0 aromatic carbocycles. The molecule has 0 radical (unpaired) electrons. The first-order valence-electron chi connectivity index (χ1n) is 17.6. The van der Waals surface area contributed by atoms with Gasteiger partial charge in [-0.15, -0.1) is 6.42 Å². The molecule has 0 aromatic heterocycles. The minimum Gasteiger partial charge on any atom is -0.355 e. The highest BCUT2D eigenvalue weighted by Crippen LogP contribution is 1.99. The van der Waals surface area contributed by atoms with E-state index in [-0.39, 0.29) is 87.2 Å². The van der Waals surface area contributed by atoms with E-state index in [1.807, 2.05) is 9.80 Å². The minimum absolute atomic E-state index is 0.123. The Morgan fingerprint density at radius 1 is 0.412 bits per heavy atom. The van der Waals surface area contributed by atoms with Crippen LogP contribution in [-0.4, -0.2) is 168 Å². The van der Waals surface area contributed by atoms with Crippen molar-refractivity contribution < 1.29 is 28.8 Å². The third-order valence-electron chi connectivity index (χ3n) is 7.36. The smallest absolute Gasteiger partial charge is 0.222 e. The Morgan fingerprint density at radius 3 is 1.04 bits per heavy atom. The Morgan fingerprint density at radius 2 is 0.706 bits per heavy atom. The summed E-state index contributed by atoms with van der Waals surface area (Å²) in [5.41, 5.74) is 21.7. The fourth-order valence-corrected chi connectivity index (χ4v) is 4.49. The molecule has 14 N–H and O–H groups in total. The fraction of sp³-hybridized carbons (Fsp3) is 0.750. The number of nitrogens with two attached hydrogens (primary N) is 4. The SMILES string of the molecule is C#CCN(CCC(=O)NCCN(CCC(=O)NCCN)CCC(=O)NCCN)CCC(=O)NCN(CCC(=O)NCCN)CCC(=O)NCCN. The summed E-state index contributed by atoms with van der Waals surface area (Å²) >= 11 is 0. The van der Waals surface area contributed by atoms with Gasteiger partial charge in [0.15, 0.2) is 0 Å². The van der Waals surface area contributed by atoms with Gasteiger partial charge in [-0.25, -0.2) is 0 Å². The predicted octanol–water partition coefficient (Wildman–Crippen LogP) is -5.64. The maximum absolute atomic E-state index is 12.7. The normalized spacial score (nSPS) is 10.9. The van der Waals surface area contributed by atoms with Gasteiger partial charge < -0.3 is 59.7 Å². The van der Waals surface area contributed by atoms with E-state index in [9.17, 15) is 28.8 Å². The highest BCUT2D eigenvalue weighted by molar-refractivity contribution is 5.78. The van der Waals surface area contributed by atoms with Crippen LogP contribution >= 0.6 is 0 Å². The molecule has 0 saturated heterocycles. The van der Waals surface area contributed by atoms with Gasteiger partial charge >= 0.3 is 0 Å². The molecule has 0 bridgehead atoms. The molecule has 0 aliphatic heterocycles. The molecule has 51 heavy (non-hydrogen) atoms. The molecule has 0 rings (SSSR count). The van der Waals surface area contributed by atoms with E-state index in [1.165, 1.54) is 0 Å². The molecule has 6 amide bonds. The number of carbonyl (C=O) groups excluding carboxylic acids is 6. The Balaban J connectivity index is 4.83. The molecule has 0 aromatic rings. The van der Waals surface area contributed by atoms with E-state index in [0.29, 0.717) is 105 Å². The van der Waals surface area contributed by atoms with E-state index in [1.54, 1.807) is 4.90 Å². The molecule has 0 heterocycles. The van der Waals surface area contributed by atoms with Crippen LogP contribution in [0.15, 0.2) is 0 Å². The molecule has 19 heteroatoms. The Kier molecular flexibility index (Phi) is 29.6. The van der Waals surface area contributed by atoms with E-state index >= 15 is 0 Å². The van der Waals surface area contributed by atoms with Gasteiger partial charge in [-0.2, -0.15) is 0 Å². The van der Waals surface area contributed by atoms with Gasteiger partial charge in [0.1, 0.15) is 0 Å². The molecule has 292 valence electrons.